The highest BCUT2D eigenvalue weighted by Gasteiger charge is 2.58. The summed E-state index contributed by atoms with van der Waals surface area (Å²) in [6, 6.07) is 0. The summed E-state index contributed by atoms with van der Waals surface area (Å²) in [6.07, 6.45) is -3.48. The topological polar surface area (TPSA) is 263 Å². The molecule has 7 N–H and O–H groups in total. The highest BCUT2D eigenvalue weighted by molar-refractivity contribution is 7.66. The second kappa shape index (κ2) is 10.4. The quantitative estimate of drug-likeness (QED) is 0.124. The number of ether oxygens (including phenoxy) is 1. The molecule has 0 aromatic carbocycles. The van der Waals surface area contributed by atoms with Gasteiger partial charge in [-0.2, -0.15) is 13.6 Å². The van der Waals surface area contributed by atoms with E-state index in [1.807, 2.05) is 0 Å². The van der Waals surface area contributed by atoms with Crippen molar-refractivity contribution in [3.05, 3.63) is 16.8 Å². The summed E-state index contributed by atoms with van der Waals surface area (Å²) >= 11 is 6.62. The second-order valence-corrected chi connectivity index (χ2v) is 11.7. The number of aliphatic hydroxyl groups is 1. The van der Waals surface area contributed by atoms with E-state index in [0.29, 0.717) is 0 Å². The Morgan fingerprint density at radius 2 is 1.91 bits per heavy atom. The van der Waals surface area contributed by atoms with Gasteiger partial charge in [0, 0.05) is 5.92 Å². The summed E-state index contributed by atoms with van der Waals surface area (Å²) in [5, 5.41) is 9.96. The Kier molecular flexibility index (Phi) is 8.89. The van der Waals surface area contributed by atoms with Crippen molar-refractivity contribution in [1.29, 1.82) is 0 Å². The maximum Gasteiger partial charge on any atom is 0.490 e. The van der Waals surface area contributed by atoms with Gasteiger partial charge in [-0.3, -0.25) is 9.09 Å². The minimum absolute atomic E-state index is 0.350. The van der Waals surface area contributed by atoms with E-state index in [9.17, 15) is 33.4 Å². The Hall–Kier alpha value is -1.21. The van der Waals surface area contributed by atoms with E-state index in [-0.39, 0.29) is 5.95 Å². The molecule has 1 aliphatic heterocycles. The number of aromatic nitrogens is 3. The summed E-state index contributed by atoms with van der Waals surface area (Å²) < 4.78 is 53.1. The van der Waals surface area contributed by atoms with E-state index in [0.717, 1.165) is 17.8 Å². The molecule has 1 aromatic rings. The number of nitrogens with zero attached hydrogens (tertiary/aromatic N) is 3. The van der Waals surface area contributed by atoms with Crippen molar-refractivity contribution < 1.29 is 56.3 Å². The van der Waals surface area contributed by atoms with E-state index in [2.05, 4.69) is 30.4 Å². The third-order valence-electron chi connectivity index (χ3n) is 4.27. The number of phosphoric acid groups is 3. The van der Waals surface area contributed by atoms with Crippen molar-refractivity contribution in [3.8, 4) is 11.8 Å². The van der Waals surface area contributed by atoms with E-state index >= 15 is 0 Å². The molecule has 0 amide bonds. The normalized spacial score (nSPS) is 29.5. The molecule has 2 rings (SSSR count). The highest BCUT2D eigenvalue weighted by atomic mass is 35.5. The van der Waals surface area contributed by atoms with Gasteiger partial charge in [0.05, 0.1) is 18.8 Å². The fourth-order valence-electron chi connectivity index (χ4n) is 3.14. The molecule has 0 bridgehead atoms. The number of aliphatic hydroxyl groups excluding tert-OH is 1. The third kappa shape index (κ3) is 6.93. The standard InChI is InChI=1S/C13H20ClN4O13P3/c1-3-4-13(14)8(5-19)9(28-10(13)18-6-16-11(15)17-12(18)20)7(2)29-33(24,25)31-34(26,27)30-32(21,22)23/h6-10,19H,5H2,1-2H3,(H,24,25)(H,26,27)(H2,15,17,20)(H2,21,22,23)/t7-,8?,9-,10-,13?/m1/s1. The zero-order chi connectivity index (χ0) is 26.1. The predicted molar refractivity (Wildman–Crippen MR) is 112 cm³/mol. The number of alkyl halides is 1. The van der Waals surface area contributed by atoms with Crippen molar-refractivity contribution in [2.75, 3.05) is 12.3 Å². The fourth-order valence-corrected chi connectivity index (χ4v) is 6.78. The summed E-state index contributed by atoms with van der Waals surface area (Å²) in [4.78, 5) is 53.9. The molecule has 1 aromatic heterocycles. The van der Waals surface area contributed by atoms with Crippen LogP contribution in [0.1, 0.15) is 20.1 Å². The van der Waals surface area contributed by atoms with Gasteiger partial charge in [0.15, 0.2) is 11.1 Å². The number of nitrogen functional groups attached to an aromatic ring is 1. The summed E-state index contributed by atoms with van der Waals surface area (Å²) in [5.74, 6) is 3.57. The van der Waals surface area contributed by atoms with E-state index in [4.69, 9.17) is 36.4 Å². The molecule has 0 radical (unpaired) electrons. The lowest BCUT2D eigenvalue weighted by Crippen LogP contribution is -2.43. The van der Waals surface area contributed by atoms with Gasteiger partial charge in [-0.1, -0.05) is 17.5 Å². The van der Waals surface area contributed by atoms with Crippen LogP contribution in [0.2, 0.25) is 0 Å². The Bertz CT molecular complexity index is 1180. The van der Waals surface area contributed by atoms with Crippen molar-refractivity contribution >= 4 is 41.0 Å². The number of phosphoric ester groups is 1. The van der Waals surface area contributed by atoms with Gasteiger partial charge in [-0.15, -0.1) is 5.92 Å². The van der Waals surface area contributed by atoms with Crippen LogP contribution in [0.3, 0.4) is 0 Å². The van der Waals surface area contributed by atoms with Gasteiger partial charge in [0.25, 0.3) is 0 Å². The average Bonchev–Trinajstić information content (AvgIpc) is 2.90. The van der Waals surface area contributed by atoms with Gasteiger partial charge < -0.3 is 35.2 Å². The summed E-state index contributed by atoms with van der Waals surface area (Å²) in [6.45, 7) is 1.78. The zero-order valence-electron chi connectivity index (χ0n) is 17.2. The Morgan fingerprint density at radius 3 is 2.41 bits per heavy atom. The monoisotopic (exact) mass is 568 g/mol. The Morgan fingerprint density at radius 1 is 1.29 bits per heavy atom. The first kappa shape index (κ1) is 29.0. The molecule has 2 heterocycles. The minimum Gasteiger partial charge on any atom is -0.396 e. The SMILES string of the molecule is CC#CC1(Cl)C(CO)[C@@H]([C@@H](C)OP(=O)(O)OP(=O)(O)OP(=O)(O)O)O[C@H]1n1cnc(N)nc1=O. The lowest BCUT2D eigenvalue weighted by Gasteiger charge is -2.28. The van der Waals surface area contributed by atoms with Crippen molar-refractivity contribution in [2.45, 2.75) is 37.2 Å². The van der Waals surface area contributed by atoms with Gasteiger partial charge in [-0.05, 0) is 13.8 Å². The zero-order valence-corrected chi connectivity index (χ0v) is 20.7. The number of hydrogen-bond donors (Lipinski definition) is 6. The van der Waals surface area contributed by atoms with Crippen LogP contribution in [0, 0.1) is 17.8 Å². The second-order valence-electron chi connectivity index (χ2n) is 6.69. The number of hydrogen-bond acceptors (Lipinski definition) is 12. The van der Waals surface area contributed by atoms with E-state index in [1.165, 1.54) is 6.92 Å². The smallest absolute Gasteiger partial charge is 0.396 e. The third-order valence-corrected chi connectivity index (χ3v) is 8.76. The van der Waals surface area contributed by atoms with E-state index < -0.39 is 65.0 Å². The number of rotatable bonds is 9. The molecule has 17 nitrogen and oxygen atoms in total. The van der Waals surface area contributed by atoms with Gasteiger partial charge in [0.2, 0.25) is 5.95 Å². The molecule has 0 saturated carbocycles. The Labute approximate surface area is 196 Å². The molecule has 0 aliphatic carbocycles. The summed E-state index contributed by atoms with van der Waals surface area (Å²) in [7, 11) is -16.9. The lowest BCUT2D eigenvalue weighted by atomic mass is 9.87. The molecule has 1 aliphatic rings. The van der Waals surface area contributed by atoms with E-state index in [1.54, 1.807) is 0 Å². The van der Waals surface area contributed by atoms with Crippen LogP contribution in [0.5, 0.6) is 0 Å². The maximum atomic E-state index is 12.3. The molecule has 0 spiro atoms. The first-order valence-corrected chi connectivity index (χ1v) is 13.8. The van der Waals surface area contributed by atoms with Crippen LogP contribution >= 0.6 is 35.1 Å². The molecule has 1 saturated heterocycles. The lowest BCUT2D eigenvalue weighted by molar-refractivity contribution is -0.0669. The number of nitrogens with two attached hydrogens (primary N) is 1. The molecular formula is C13H20ClN4O13P3. The summed E-state index contributed by atoms with van der Waals surface area (Å²) in [5.41, 5.74) is 4.42. The Balaban J connectivity index is 2.37. The minimum atomic E-state index is -5.77. The van der Waals surface area contributed by atoms with Crippen molar-refractivity contribution in [1.82, 2.24) is 14.5 Å². The first-order valence-electron chi connectivity index (χ1n) is 8.86. The average molecular weight is 569 g/mol. The molecule has 1 fully saturated rings. The maximum absolute atomic E-state index is 12.3. The van der Waals surface area contributed by atoms with Crippen LogP contribution in [0.15, 0.2) is 11.1 Å². The highest BCUT2D eigenvalue weighted by Crippen LogP contribution is 2.67. The first-order chi connectivity index (χ1) is 15.4. The van der Waals surface area contributed by atoms with Crippen LogP contribution in [-0.2, 0) is 31.6 Å². The molecule has 7 atom stereocenters. The van der Waals surface area contributed by atoms with Crippen LogP contribution in [-0.4, -0.2) is 62.9 Å². The number of anilines is 1. The largest absolute Gasteiger partial charge is 0.490 e. The van der Waals surface area contributed by atoms with Crippen LogP contribution < -0.4 is 11.4 Å². The molecule has 4 unspecified atom stereocenters. The van der Waals surface area contributed by atoms with Crippen molar-refractivity contribution in [2.24, 2.45) is 5.92 Å². The van der Waals surface area contributed by atoms with Crippen LogP contribution in [0.25, 0.3) is 0 Å². The van der Waals surface area contributed by atoms with Crippen molar-refractivity contribution in [3.63, 3.8) is 0 Å². The predicted octanol–water partition coefficient (Wildman–Crippen LogP) is -0.541. The van der Waals surface area contributed by atoms with Gasteiger partial charge in [0.1, 0.15) is 6.33 Å². The molecular weight excluding hydrogens is 549 g/mol. The molecule has 34 heavy (non-hydrogen) atoms. The molecule has 21 heteroatoms. The van der Waals surface area contributed by atoms with Gasteiger partial charge in [-0.25, -0.2) is 23.5 Å². The molecule has 192 valence electrons. The van der Waals surface area contributed by atoms with Gasteiger partial charge >= 0.3 is 29.2 Å². The number of halogens is 1. The van der Waals surface area contributed by atoms with Crippen LogP contribution in [0.4, 0.5) is 5.95 Å². The fraction of sp³-hybridized carbons (Fsp3) is 0.615.